The second kappa shape index (κ2) is 11.6. The van der Waals surface area contributed by atoms with E-state index in [9.17, 15) is 23.1 Å². The summed E-state index contributed by atoms with van der Waals surface area (Å²) in [5, 5.41) is 11.3. The molecule has 3 saturated heterocycles. The second-order valence-electron chi connectivity index (χ2n) is 9.79. The van der Waals surface area contributed by atoms with Crippen molar-refractivity contribution in [1.82, 2.24) is 14.1 Å². The van der Waals surface area contributed by atoms with Crippen molar-refractivity contribution in [2.45, 2.75) is 24.3 Å². The minimum absolute atomic E-state index is 0.0720. The van der Waals surface area contributed by atoms with E-state index in [4.69, 9.17) is 13.9 Å². The van der Waals surface area contributed by atoms with Crippen LogP contribution in [0.25, 0.3) is 5.76 Å². The van der Waals surface area contributed by atoms with E-state index in [1.807, 2.05) is 0 Å². The van der Waals surface area contributed by atoms with Crippen LogP contribution in [-0.2, 0) is 29.1 Å². The van der Waals surface area contributed by atoms with Crippen LogP contribution in [0.1, 0.15) is 29.5 Å². The van der Waals surface area contributed by atoms with Crippen molar-refractivity contribution in [3.05, 3.63) is 59.1 Å². The average Bonchev–Trinajstić information content (AvgIpc) is 3.49. The zero-order chi connectivity index (χ0) is 27.6. The first-order valence-electron chi connectivity index (χ1n) is 13.1. The summed E-state index contributed by atoms with van der Waals surface area (Å²) < 4.78 is 43.8. The fourth-order valence-electron chi connectivity index (χ4n) is 5.17. The van der Waals surface area contributed by atoms with Crippen LogP contribution in [0, 0.1) is 6.92 Å². The van der Waals surface area contributed by atoms with Crippen molar-refractivity contribution in [3.8, 4) is 0 Å². The molecule has 12 heteroatoms. The van der Waals surface area contributed by atoms with Crippen LogP contribution in [0.2, 0.25) is 0 Å². The molecule has 210 valence electrons. The topological polar surface area (TPSA) is 130 Å². The highest BCUT2D eigenvalue weighted by Gasteiger charge is 2.47. The van der Waals surface area contributed by atoms with Gasteiger partial charge in [0.15, 0.2) is 0 Å². The molecular weight excluding hydrogens is 526 g/mol. The Bertz CT molecular complexity index is 1340. The molecule has 1 amide bonds. The average molecular weight is 560 g/mol. The Morgan fingerprint density at radius 2 is 1.56 bits per heavy atom. The summed E-state index contributed by atoms with van der Waals surface area (Å²) in [6.07, 6.45) is 0.636. The van der Waals surface area contributed by atoms with E-state index in [2.05, 4.69) is 4.90 Å². The number of ketones is 1. The molecule has 3 aliphatic rings. The number of morpholine rings is 2. The predicted octanol–water partition coefficient (Wildman–Crippen LogP) is 1.75. The first-order chi connectivity index (χ1) is 18.8. The highest BCUT2D eigenvalue weighted by Crippen LogP contribution is 2.40. The van der Waals surface area contributed by atoms with E-state index in [-0.39, 0.29) is 34.9 Å². The zero-order valence-corrected chi connectivity index (χ0v) is 22.7. The van der Waals surface area contributed by atoms with Crippen LogP contribution < -0.4 is 0 Å². The van der Waals surface area contributed by atoms with Gasteiger partial charge in [-0.2, -0.15) is 4.31 Å². The zero-order valence-electron chi connectivity index (χ0n) is 21.9. The summed E-state index contributed by atoms with van der Waals surface area (Å²) in [5.41, 5.74) is 0.153. The maximum Gasteiger partial charge on any atom is 0.295 e. The van der Waals surface area contributed by atoms with E-state index < -0.39 is 27.8 Å². The van der Waals surface area contributed by atoms with Gasteiger partial charge < -0.3 is 23.9 Å². The number of carbonyl (C=O) groups excluding carboxylic acids is 2. The lowest BCUT2D eigenvalue weighted by atomic mass is 9.99. The van der Waals surface area contributed by atoms with Crippen molar-refractivity contribution in [2.24, 2.45) is 0 Å². The predicted molar refractivity (Wildman–Crippen MR) is 140 cm³/mol. The summed E-state index contributed by atoms with van der Waals surface area (Å²) in [5.74, 6) is -0.891. The number of hydrogen-bond acceptors (Lipinski definition) is 9. The van der Waals surface area contributed by atoms with Crippen LogP contribution in [0.4, 0.5) is 0 Å². The Hall–Kier alpha value is -3.03. The van der Waals surface area contributed by atoms with Gasteiger partial charge in [0, 0.05) is 44.8 Å². The lowest BCUT2D eigenvalue weighted by Gasteiger charge is -2.28. The minimum atomic E-state index is -3.72. The smallest absolute Gasteiger partial charge is 0.295 e. The molecule has 4 heterocycles. The minimum Gasteiger partial charge on any atom is -0.507 e. The van der Waals surface area contributed by atoms with Crippen molar-refractivity contribution in [2.75, 3.05) is 65.7 Å². The molecule has 1 unspecified atom stereocenters. The summed E-state index contributed by atoms with van der Waals surface area (Å²) in [6, 6.07) is 8.23. The molecule has 1 aromatic heterocycles. The number of aryl methyl sites for hydroxylation is 1. The molecular formula is C27H33N3O8S. The second-order valence-corrected chi connectivity index (χ2v) is 11.7. The van der Waals surface area contributed by atoms with Gasteiger partial charge in [-0.25, -0.2) is 8.42 Å². The first-order valence-corrected chi connectivity index (χ1v) is 14.5. The number of benzene rings is 1. The number of sulfonamides is 1. The Morgan fingerprint density at radius 1 is 0.923 bits per heavy atom. The third-order valence-electron chi connectivity index (χ3n) is 7.28. The largest absolute Gasteiger partial charge is 0.507 e. The third kappa shape index (κ3) is 5.66. The fraction of sp³-hybridized carbons (Fsp3) is 0.481. The number of hydrogen-bond donors (Lipinski definition) is 1. The number of amides is 1. The highest BCUT2D eigenvalue weighted by atomic mass is 32.2. The summed E-state index contributed by atoms with van der Waals surface area (Å²) in [7, 11) is -3.72. The molecule has 0 aliphatic carbocycles. The van der Waals surface area contributed by atoms with Crippen LogP contribution in [0.15, 0.2) is 51.3 Å². The molecule has 1 aromatic carbocycles. The molecule has 2 aromatic rings. The third-order valence-corrected chi connectivity index (χ3v) is 9.20. The maximum atomic E-state index is 13.2. The Labute approximate surface area is 227 Å². The molecule has 5 rings (SSSR count). The number of furan rings is 1. The number of likely N-dealkylation sites (tertiary alicyclic amines) is 1. The standard InChI is InChI=1S/C27H33N3O8S/c1-19-3-8-22(38-19)24-23(26(32)27(33)30(24)10-2-9-28-11-15-36-16-12-28)25(31)20-4-6-21(7-5-20)39(34,35)29-13-17-37-18-14-29/h3-8,24,31H,2,9-18H2,1H3/b25-23+. The van der Waals surface area contributed by atoms with Gasteiger partial charge in [-0.1, -0.05) is 0 Å². The molecule has 3 fully saturated rings. The highest BCUT2D eigenvalue weighted by molar-refractivity contribution is 7.89. The number of carbonyl (C=O) groups is 2. The normalized spacial score (nSPS) is 23.0. The maximum absolute atomic E-state index is 13.2. The number of rotatable bonds is 8. The summed E-state index contributed by atoms with van der Waals surface area (Å²) >= 11 is 0. The van der Waals surface area contributed by atoms with Gasteiger partial charge in [-0.05, 0) is 49.7 Å². The van der Waals surface area contributed by atoms with E-state index in [1.54, 1.807) is 19.1 Å². The van der Waals surface area contributed by atoms with E-state index in [0.717, 1.165) is 19.6 Å². The van der Waals surface area contributed by atoms with E-state index in [0.29, 0.717) is 50.9 Å². The van der Waals surface area contributed by atoms with Crippen molar-refractivity contribution >= 4 is 27.5 Å². The number of aliphatic hydroxyl groups is 1. The molecule has 11 nitrogen and oxygen atoms in total. The number of ether oxygens (including phenoxy) is 2. The number of nitrogens with zero attached hydrogens (tertiary/aromatic N) is 3. The molecule has 1 atom stereocenters. The van der Waals surface area contributed by atoms with Gasteiger partial charge in [0.2, 0.25) is 10.0 Å². The van der Waals surface area contributed by atoms with E-state index in [1.165, 1.54) is 33.5 Å². The van der Waals surface area contributed by atoms with Gasteiger partial charge in [0.05, 0.1) is 36.9 Å². The molecule has 3 aliphatic heterocycles. The van der Waals surface area contributed by atoms with Gasteiger partial charge in [-0.3, -0.25) is 14.5 Å². The Morgan fingerprint density at radius 3 is 2.18 bits per heavy atom. The van der Waals surface area contributed by atoms with Crippen LogP contribution in [0.5, 0.6) is 0 Å². The lowest BCUT2D eigenvalue weighted by molar-refractivity contribution is -0.140. The van der Waals surface area contributed by atoms with Crippen molar-refractivity contribution in [1.29, 1.82) is 0 Å². The van der Waals surface area contributed by atoms with Gasteiger partial charge >= 0.3 is 0 Å². The number of aliphatic hydroxyl groups excluding tert-OH is 1. The van der Waals surface area contributed by atoms with Crippen LogP contribution in [-0.4, -0.2) is 105 Å². The number of Topliss-reactive ketones (excluding diaryl/α,β-unsaturated/α-hetero) is 1. The lowest BCUT2D eigenvalue weighted by Crippen LogP contribution is -2.40. The van der Waals surface area contributed by atoms with Crippen LogP contribution >= 0.6 is 0 Å². The Kier molecular flexibility index (Phi) is 8.19. The quantitative estimate of drug-likeness (QED) is 0.292. The first kappa shape index (κ1) is 27.5. The molecule has 39 heavy (non-hydrogen) atoms. The molecule has 0 saturated carbocycles. The van der Waals surface area contributed by atoms with Crippen molar-refractivity contribution in [3.63, 3.8) is 0 Å². The Balaban J connectivity index is 1.42. The van der Waals surface area contributed by atoms with Crippen molar-refractivity contribution < 1.29 is 37.0 Å². The molecule has 1 N–H and O–H groups in total. The SMILES string of the molecule is Cc1ccc(C2/C(=C(\O)c3ccc(S(=O)(=O)N4CCOCC4)cc3)C(=O)C(=O)N2CCCN2CCOCC2)o1. The van der Waals surface area contributed by atoms with Crippen LogP contribution in [0.3, 0.4) is 0 Å². The summed E-state index contributed by atoms with van der Waals surface area (Å²) in [6.45, 7) is 6.98. The molecule has 0 spiro atoms. The molecule has 0 radical (unpaired) electrons. The van der Waals surface area contributed by atoms with E-state index >= 15 is 0 Å². The molecule has 0 bridgehead atoms. The van der Waals surface area contributed by atoms with Gasteiger partial charge in [0.1, 0.15) is 23.3 Å². The van der Waals surface area contributed by atoms with Gasteiger partial charge in [0.25, 0.3) is 11.7 Å². The fourth-order valence-corrected chi connectivity index (χ4v) is 6.58. The monoisotopic (exact) mass is 559 g/mol. The summed E-state index contributed by atoms with van der Waals surface area (Å²) in [4.78, 5) is 30.1. The van der Waals surface area contributed by atoms with Gasteiger partial charge in [-0.15, -0.1) is 0 Å².